The second kappa shape index (κ2) is 6.52. The lowest BCUT2D eigenvalue weighted by Crippen LogP contribution is -2.15. The van der Waals surface area contributed by atoms with Gasteiger partial charge < -0.3 is 9.47 Å². The molecule has 1 atom stereocenters. The van der Waals surface area contributed by atoms with Crippen LogP contribution in [0.25, 0.3) is 0 Å². The van der Waals surface area contributed by atoms with Crippen molar-refractivity contribution in [2.24, 2.45) is 0 Å². The van der Waals surface area contributed by atoms with Gasteiger partial charge in [0.25, 0.3) is 0 Å². The minimum Gasteiger partial charge on any atom is -0.438 e. The van der Waals surface area contributed by atoms with Gasteiger partial charge in [0.1, 0.15) is 0 Å². The van der Waals surface area contributed by atoms with Gasteiger partial charge in [-0.1, -0.05) is 37.0 Å². The molecule has 0 aliphatic carbocycles. The second-order valence-electron chi connectivity index (χ2n) is 3.10. The Morgan fingerprint density at radius 1 is 1.38 bits per heavy atom. The number of carbonyl (C=O) groups is 1. The molecule has 16 heavy (non-hydrogen) atoms. The van der Waals surface area contributed by atoms with Crippen molar-refractivity contribution in [3.8, 4) is 11.8 Å². The number of hydrogen-bond acceptors (Lipinski definition) is 3. The minimum absolute atomic E-state index is 0.423. The number of ether oxygens (including phenoxy) is 2. The Kier molecular flexibility index (Phi) is 4.94. The van der Waals surface area contributed by atoms with E-state index in [-0.39, 0.29) is 0 Å². The van der Waals surface area contributed by atoms with Crippen molar-refractivity contribution < 1.29 is 14.3 Å². The molecule has 0 heterocycles. The number of rotatable bonds is 2. The Balaban J connectivity index is 2.63. The first-order valence-electron chi connectivity index (χ1n) is 5.07. The van der Waals surface area contributed by atoms with Crippen LogP contribution >= 0.6 is 0 Å². The average molecular weight is 218 g/mol. The molecule has 0 fully saturated rings. The van der Waals surface area contributed by atoms with Gasteiger partial charge in [-0.15, -0.1) is 0 Å². The predicted octanol–water partition coefficient (Wildman–Crippen LogP) is 2.60. The summed E-state index contributed by atoms with van der Waals surface area (Å²) in [6, 6.07) is 9.54. The highest BCUT2D eigenvalue weighted by molar-refractivity contribution is 5.60. The third kappa shape index (κ3) is 4.05. The van der Waals surface area contributed by atoms with Crippen molar-refractivity contribution in [2.45, 2.75) is 19.4 Å². The molecule has 0 radical (unpaired) electrons. The Bertz CT molecular complexity index is 387. The molecule has 0 aromatic heterocycles. The van der Waals surface area contributed by atoms with Crippen LogP contribution in [-0.2, 0) is 9.47 Å². The number of hydrogen-bond donors (Lipinski definition) is 0. The fourth-order valence-corrected chi connectivity index (χ4v) is 1.06. The zero-order valence-electron chi connectivity index (χ0n) is 9.40. The van der Waals surface area contributed by atoms with E-state index in [9.17, 15) is 4.79 Å². The van der Waals surface area contributed by atoms with Crippen LogP contribution in [-0.4, -0.2) is 19.4 Å². The van der Waals surface area contributed by atoms with Crippen LogP contribution < -0.4 is 0 Å². The van der Waals surface area contributed by atoms with E-state index in [1.54, 1.807) is 0 Å². The van der Waals surface area contributed by atoms with Crippen molar-refractivity contribution in [3.63, 3.8) is 0 Å². The first kappa shape index (κ1) is 12.1. The van der Waals surface area contributed by atoms with E-state index in [1.807, 2.05) is 37.3 Å². The Hall–Kier alpha value is -1.95. The van der Waals surface area contributed by atoms with Gasteiger partial charge in [-0.3, -0.25) is 0 Å². The standard InChI is InChI=1S/C13H14O3/c1-3-12(16-13(14)15-2)10-9-11-7-5-4-6-8-11/h4-8,12H,3H2,1-2H3. The largest absolute Gasteiger partial charge is 0.509 e. The number of carbonyl (C=O) groups excluding carboxylic acids is 1. The molecule has 0 saturated heterocycles. The second-order valence-corrected chi connectivity index (χ2v) is 3.10. The van der Waals surface area contributed by atoms with Gasteiger partial charge in [-0.2, -0.15) is 0 Å². The molecule has 3 nitrogen and oxygen atoms in total. The fraction of sp³-hybridized carbons (Fsp3) is 0.308. The van der Waals surface area contributed by atoms with Crippen LogP contribution in [0.15, 0.2) is 30.3 Å². The van der Waals surface area contributed by atoms with E-state index in [2.05, 4.69) is 16.6 Å². The van der Waals surface area contributed by atoms with Gasteiger partial charge in [0.15, 0.2) is 6.10 Å². The summed E-state index contributed by atoms with van der Waals surface area (Å²) in [5.74, 6) is 5.82. The fourth-order valence-electron chi connectivity index (χ4n) is 1.06. The molecule has 0 amide bonds. The quantitative estimate of drug-likeness (QED) is 0.565. The SMILES string of the molecule is CCC(C#Cc1ccccc1)OC(=O)OC. The molecule has 1 aromatic rings. The number of benzene rings is 1. The highest BCUT2D eigenvalue weighted by atomic mass is 16.7. The summed E-state index contributed by atoms with van der Waals surface area (Å²) in [6.07, 6.45) is -0.489. The molecule has 0 aliphatic heterocycles. The van der Waals surface area contributed by atoms with Crippen LogP contribution in [0.5, 0.6) is 0 Å². The van der Waals surface area contributed by atoms with Crippen LogP contribution in [0.3, 0.4) is 0 Å². The van der Waals surface area contributed by atoms with Gasteiger partial charge in [-0.25, -0.2) is 4.79 Å². The first-order valence-corrected chi connectivity index (χ1v) is 5.07. The Morgan fingerprint density at radius 3 is 2.62 bits per heavy atom. The molecule has 1 rings (SSSR count). The molecular weight excluding hydrogens is 204 g/mol. The van der Waals surface area contributed by atoms with Crippen molar-refractivity contribution in [2.75, 3.05) is 7.11 Å². The first-order chi connectivity index (χ1) is 7.76. The molecule has 0 saturated carbocycles. The van der Waals surface area contributed by atoms with Crippen LogP contribution in [0.1, 0.15) is 18.9 Å². The number of methoxy groups -OCH3 is 1. The van der Waals surface area contributed by atoms with E-state index >= 15 is 0 Å². The Morgan fingerprint density at radius 2 is 2.06 bits per heavy atom. The summed E-state index contributed by atoms with van der Waals surface area (Å²) < 4.78 is 9.34. The maximum Gasteiger partial charge on any atom is 0.509 e. The lowest BCUT2D eigenvalue weighted by molar-refractivity contribution is 0.0543. The van der Waals surface area contributed by atoms with Crippen molar-refractivity contribution in [1.82, 2.24) is 0 Å². The minimum atomic E-state index is -0.700. The average Bonchev–Trinajstić information content (AvgIpc) is 2.35. The van der Waals surface area contributed by atoms with E-state index in [1.165, 1.54) is 7.11 Å². The topological polar surface area (TPSA) is 35.5 Å². The summed E-state index contributed by atoms with van der Waals surface area (Å²) in [6.45, 7) is 1.90. The summed E-state index contributed by atoms with van der Waals surface area (Å²) in [4.78, 5) is 10.9. The molecule has 3 heteroatoms. The highest BCUT2D eigenvalue weighted by Crippen LogP contribution is 2.00. The molecule has 0 bridgehead atoms. The highest BCUT2D eigenvalue weighted by Gasteiger charge is 2.08. The third-order valence-corrected chi connectivity index (χ3v) is 1.93. The normalized spacial score (nSPS) is 10.9. The smallest absolute Gasteiger partial charge is 0.438 e. The maximum absolute atomic E-state index is 10.9. The summed E-state index contributed by atoms with van der Waals surface area (Å²) in [5, 5.41) is 0. The zero-order chi connectivity index (χ0) is 11.8. The molecule has 0 aliphatic rings. The van der Waals surface area contributed by atoms with Gasteiger partial charge in [0.2, 0.25) is 0 Å². The third-order valence-electron chi connectivity index (χ3n) is 1.93. The zero-order valence-corrected chi connectivity index (χ0v) is 9.40. The molecule has 1 unspecified atom stereocenters. The van der Waals surface area contributed by atoms with E-state index in [0.717, 1.165) is 5.56 Å². The molecule has 84 valence electrons. The van der Waals surface area contributed by atoms with Crippen LogP contribution in [0, 0.1) is 11.8 Å². The van der Waals surface area contributed by atoms with Gasteiger partial charge >= 0.3 is 6.16 Å². The van der Waals surface area contributed by atoms with E-state index in [4.69, 9.17) is 4.74 Å². The molecule has 0 spiro atoms. The summed E-state index contributed by atoms with van der Waals surface area (Å²) in [7, 11) is 1.28. The molecular formula is C13H14O3. The van der Waals surface area contributed by atoms with Crippen LogP contribution in [0.2, 0.25) is 0 Å². The maximum atomic E-state index is 10.9. The van der Waals surface area contributed by atoms with Crippen molar-refractivity contribution in [3.05, 3.63) is 35.9 Å². The van der Waals surface area contributed by atoms with Gasteiger partial charge in [0, 0.05) is 5.56 Å². The summed E-state index contributed by atoms with van der Waals surface area (Å²) >= 11 is 0. The van der Waals surface area contributed by atoms with Crippen molar-refractivity contribution in [1.29, 1.82) is 0 Å². The van der Waals surface area contributed by atoms with E-state index < -0.39 is 12.3 Å². The Labute approximate surface area is 95.4 Å². The molecule has 0 N–H and O–H groups in total. The monoisotopic (exact) mass is 218 g/mol. The lowest BCUT2D eigenvalue weighted by atomic mass is 10.2. The van der Waals surface area contributed by atoms with E-state index in [0.29, 0.717) is 6.42 Å². The van der Waals surface area contributed by atoms with Gasteiger partial charge in [-0.05, 0) is 18.6 Å². The predicted molar refractivity (Wildman–Crippen MR) is 60.9 cm³/mol. The van der Waals surface area contributed by atoms with Gasteiger partial charge in [0.05, 0.1) is 7.11 Å². The van der Waals surface area contributed by atoms with Crippen molar-refractivity contribution >= 4 is 6.16 Å². The molecule has 1 aromatic carbocycles. The summed E-state index contributed by atoms with van der Waals surface area (Å²) in [5.41, 5.74) is 0.898. The van der Waals surface area contributed by atoms with Crippen LogP contribution in [0.4, 0.5) is 4.79 Å². The lowest BCUT2D eigenvalue weighted by Gasteiger charge is -2.07.